The molecule has 1 aliphatic carbocycles. The number of aromatic amines is 1. The first kappa shape index (κ1) is 15.7. The van der Waals surface area contributed by atoms with Crippen LogP contribution in [-0.4, -0.2) is 16.1 Å². The van der Waals surface area contributed by atoms with E-state index in [1.165, 1.54) is 17.4 Å². The van der Waals surface area contributed by atoms with Gasteiger partial charge in [-0.1, -0.05) is 33.1 Å². The van der Waals surface area contributed by atoms with Crippen molar-refractivity contribution < 1.29 is 0 Å². The Morgan fingerprint density at radius 2 is 2.00 bits per heavy atom. The van der Waals surface area contributed by atoms with Crippen LogP contribution in [0.4, 0.5) is 11.5 Å². The Morgan fingerprint density at radius 3 is 2.62 bits per heavy atom. The lowest BCUT2D eigenvalue weighted by Crippen LogP contribution is -2.35. The van der Waals surface area contributed by atoms with Crippen LogP contribution in [0.15, 0.2) is 9.59 Å². The lowest BCUT2D eigenvalue weighted by atomic mass is 9.89. The first-order valence-electron chi connectivity index (χ1n) is 7.83. The number of aromatic nitrogens is 2. The standard InChI is InChI=1S/C15H26N4O2/c1-3-4-9-19-12(16)11(13(20)18-14(19)21)17-10-15(2)7-5-6-8-15/h17H,3-10,16H2,1-2H3,(H,18,20,21). The van der Waals surface area contributed by atoms with Crippen LogP contribution in [0.1, 0.15) is 52.4 Å². The summed E-state index contributed by atoms with van der Waals surface area (Å²) in [7, 11) is 0. The minimum atomic E-state index is -0.427. The number of nitrogens with two attached hydrogens (primary N) is 1. The van der Waals surface area contributed by atoms with Crippen molar-refractivity contribution in [2.24, 2.45) is 5.41 Å². The molecule has 0 unspecified atom stereocenters. The Kier molecular flexibility index (Phi) is 4.75. The zero-order valence-electron chi connectivity index (χ0n) is 13.0. The second kappa shape index (κ2) is 6.37. The molecule has 21 heavy (non-hydrogen) atoms. The number of anilines is 2. The minimum absolute atomic E-state index is 0.212. The van der Waals surface area contributed by atoms with E-state index in [9.17, 15) is 9.59 Å². The van der Waals surface area contributed by atoms with Crippen LogP contribution in [0, 0.1) is 5.41 Å². The Balaban J connectivity index is 2.22. The third-order valence-electron chi connectivity index (χ3n) is 4.48. The third kappa shape index (κ3) is 3.49. The molecule has 1 aliphatic rings. The van der Waals surface area contributed by atoms with E-state index in [1.807, 2.05) is 6.92 Å². The van der Waals surface area contributed by atoms with E-state index in [1.54, 1.807) is 0 Å². The first-order chi connectivity index (χ1) is 9.97. The molecule has 1 saturated carbocycles. The highest BCUT2D eigenvalue weighted by molar-refractivity contribution is 5.60. The Labute approximate surface area is 124 Å². The predicted octanol–water partition coefficient (Wildman–Crippen LogP) is 1.91. The molecule has 6 heteroatoms. The van der Waals surface area contributed by atoms with E-state index in [0.717, 1.165) is 25.7 Å². The molecule has 1 aromatic rings. The molecule has 0 spiro atoms. The van der Waals surface area contributed by atoms with Crippen LogP contribution in [0.25, 0.3) is 0 Å². The van der Waals surface area contributed by atoms with Gasteiger partial charge in [0.05, 0.1) is 0 Å². The molecular formula is C15H26N4O2. The summed E-state index contributed by atoms with van der Waals surface area (Å²) in [6, 6.07) is 0. The molecule has 6 nitrogen and oxygen atoms in total. The first-order valence-corrected chi connectivity index (χ1v) is 7.83. The SMILES string of the molecule is CCCCn1c(N)c(NCC2(C)CCCC2)c(=O)[nH]c1=O. The van der Waals surface area contributed by atoms with Crippen molar-refractivity contribution in [3.63, 3.8) is 0 Å². The van der Waals surface area contributed by atoms with Gasteiger partial charge >= 0.3 is 5.69 Å². The molecule has 0 aliphatic heterocycles. The molecule has 1 aromatic heterocycles. The maximum absolute atomic E-state index is 12.0. The fourth-order valence-corrected chi connectivity index (χ4v) is 3.00. The molecule has 0 radical (unpaired) electrons. The lowest BCUT2D eigenvalue weighted by molar-refractivity contribution is 0.362. The van der Waals surface area contributed by atoms with E-state index in [2.05, 4.69) is 17.2 Å². The molecule has 2 rings (SSSR count). The monoisotopic (exact) mass is 294 g/mol. The second-order valence-electron chi connectivity index (χ2n) is 6.40. The number of nitrogen functional groups attached to an aromatic ring is 1. The van der Waals surface area contributed by atoms with Gasteiger partial charge in [-0.2, -0.15) is 0 Å². The van der Waals surface area contributed by atoms with Gasteiger partial charge in [-0.15, -0.1) is 0 Å². The van der Waals surface area contributed by atoms with E-state index in [-0.39, 0.29) is 11.2 Å². The minimum Gasteiger partial charge on any atom is -0.383 e. The molecule has 4 N–H and O–H groups in total. The lowest BCUT2D eigenvalue weighted by Gasteiger charge is -2.24. The summed E-state index contributed by atoms with van der Waals surface area (Å²) in [6.45, 7) is 5.52. The quantitative estimate of drug-likeness (QED) is 0.747. The molecule has 0 aromatic carbocycles. The van der Waals surface area contributed by atoms with Crippen LogP contribution in [0.3, 0.4) is 0 Å². The van der Waals surface area contributed by atoms with Crippen LogP contribution >= 0.6 is 0 Å². The van der Waals surface area contributed by atoms with E-state index >= 15 is 0 Å². The summed E-state index contributed by atoms with van der Waals surface area (Å²) >= 11 is 0. The van der Waals surface area contributed by atoms with Gasteiger partial charge in [-0.3, -0.25) is 14.3 Å². The van der Waals surface area contributed by atoms with Crippen molar-refractivity contribution in [3.8, 4) is 0 Å². The molecule has 0 amide bonds. The summed E-state index contributed by atoms with van der Waals surface area (Å²) < 4.78 is 1.45. The number of nitrogens with zero attached hydrogens (tertiary/aromatic N) is 1. The van der Waals surface area contributed by atoms with Crippen LogP contribution in [0.2, 0.25) is 0 Å². The highest BCUT2D eigenvalue weighted by Crippen LogP contribution is 2.37. The average Bonchev–Trinajstić information content (AvgIpc) is 2.85. The van der Waals surface area contributed by atoms with Crippen LogP contribution in [-0.2, 0) is 6.54 Å². The fraction of sp³-hybridized carbons (Fsp3) is 0.733. The van der Waals surface area contributed by atoms with Gasteiger partial charge in [0, 0.05) is 13.1 Å². The molecule has 0 atom stereocenters. The Hall–Kier alpha value is -1.72. The number of H-pyrrole nitrogens is 1. The summed E-state index contributed by atoms with van der Waals surface area (Å²) in [5.74, 6) is 0.249. The van der Waals surface area contributed by atoms with Gasteiger partial charge in [0.25, 0.3) is 5.56 Å². The van der Waals surface area contributed by atoms with Crippen molar-refractivity contribution in [1.82, 2.24) is 9.55 Å². The van der Waals surface area contributed by atoms with Gasteiger partial charge in [-0.05, 0) is 24.7 Å². The van der Waals surface area contributed by atoms with Crippen LogP contribution < -0.4 is 22.3 Å². The van der Waals surface area contributed by atoms with Crippen molar-refractivity contribution in [3.05, 3.63) is 20.8 Å². The van der Waals surface area contributed by atoms with Crippen molar-refractivity contribution >= 4 is 11.5 Å². The maximum Gasteiger partial charge on any atom is 0.330 e. The zero-order valence-corrected chi connectivity index (χ0v) is 13.0. The fourth-order valence-electron chi connectivity index (χ4n) is 3.00. The predicted molar refractivity (Wildman–Crippen MR) is 85.7 cm³/mol. The Bertz CT molecular complexity index is 597. The summed E-state index contributed by atoms with van der Waals surface area (Å²) in [5, 5.41) is 3.18. The molecule has 0 bridgehead atoms. The largest absolute Gasteiger partial charge is 0.383 e. The van der Waals surface area contributed by atoms with Crippen molar-refractivity contribution in [1.29, 1.82) is 0 Å². The summed E-state index contributed by atoms with van der Waals surface area (Å²) in [6.07, 6.45) is 6.61. The average molecular weight is 294 g/mol. The second-order valence-corrected chi connectivity index (χ2v) is 6.40. The molecular weight excluding hydrogens is 268 g/mol. The van der Waals surface area contributed by atoms with Gasteiger partial charge < -0.3 is 11.1 Å². The van der Waals surface area contributed by atoms with Gasteiger partial charge in [0.15, 0.2) is 0 Å². The third-order valence-corrected chi connectivity index (χ3v) is 4.48. The van der Waals surface area contributed by atoms with Gasteiger partial charge in [0.1, 0.15) is 11.5 Å². The van der Waals surface area contributed by atoms with Crippen LogP contribution in [0.5, 0.6) is 0 Å². The molecule has 1 fully saturated rings. The zero-order chi connectivity index (χ0) is 15.5. The number of hydrogen-bond acceptors (Lipinski definition) is 4. The number of rotatable bonds is 6. The van der Waals surface area contributed by atoms with E-state index in [0.29, 0.717) is 18.8 Å². The maximum atomic E-state index is 12.0. The molecule has 0 saturated heterocycles. The van der Waals surface area contributed by atoms with E-state index < -0.39 is 11.2 Å². The van der Waals surface area contributed by atoms with E-state index in [4.69, 9.17) is 5.73 Å². The highest BCUT2D eigenvalue weighted by atomic mass is 16.2. The topological polar surface area (TPSA) is 92.9 Å². The smallest absolute Gasteiger partial charge is 0.330 e. The highest BCUT2D eigenvalue weighted by Gasteiger charge is 2.29. The number of unbranched alkanes of at least 4 members (excludes halogenated alkanes) is 1. The van der Waals surface area contributed by atoms with Gasteiger partial charge in [0.2, 0.25) is 0 Å². The van der Waals surface area contributed by atoms with Gasteiger partial charge in [-0.25, -0.2) is 4.79 Å². The summed E-state index contributed by atoms with van der Waals surface area (Å²) in [5.41, 5.74) is 5.73. The molecule has 118 valence electrons. The number of hydrogen-bond donors (Lipinski definition) is 3. The van der Waals surface area contributed by atoms with Crippen molar-refractivity contribution in [2.45, 2.75) is 58.9 Å². The number of nitrogens with one attached hydrogen (secondary N) is 2. The normalized spacial score (nSPS) is 17.0. The molecule has 1 heterocycles. The Morgan fingerprint density at radius 1 is 1.33 bits per heavy atom. The van der Waals surface area contributed by atoms with Crippen molar-refractivity contribution in [2.75, 3.05) is 17.6 Å². The summed E-state index contributed by atoms with van der Waals surface area (Å²) in [4.78, 5) is 26.2.